The van der Waals surface area contributed by atoms with Gasteiger partial charge < -0.3 is 9.64 Å². The summed E-state index contributed by atoms with van der Waals surface area (Å²) in [6.45, 7) is 4.53. The fourth-order valence-electron chi connectivity index (χ4n) is 3.45. The van der Waals surface area contributed by atoms with Gasteiger partial charge in [-0.3, -0.25) is 9.36 Å². The molecule has 0 saturated carbocycles. The third kappa shape index (κ3) is 3.60. The predicted octanol–water partition coefficient (Wildman–Crippen LogP) is 1.88. The Morgan fingerprint density at radius 1 is 1.58 bits per heavy atom. The Morgan fingerprint density at radius 2 is 2.46 bits per heavy atom. The molecule has 4 heterocycles. The Balaban J connectivity index is 1.42. The number of nitrogens with one attached hydrogen (secondary N) is 1. The minimum Gasteiger partial charge on any atom is -0.376 e. The van der Waals surface area contributed by atoms with Gasteiger partial charge in [0.25, 0.3) is 0 Å². The number of carbonyl (C=O) groups is 1. The molecule has 140 valence electrons. The van der Waals surface area contributed by atoms with E-state index >= 15 is 0 Å². The number of amides is 1. The van der Waals surface area contributed by atoms with Crippen molar-refractivity contribution in [3.05, 3.63) is 32.4 Å². The first-order valence-corrected chi connectivity index (χ1v) is 10.6. The number of thiophene rings is 1. The highest BCUT2D eigenvalue weighted by molar-refractivity contribution is 8.00. The number of ether oxygens (including phenoxy) is 1. The molecule has 0 radical (unpaired) electrons. The zero-order chi connectivity index (χ0) is 18.1. The molecule has 2 aliphatic heterocycles. The van der Waals surface area contributed by atoms with Gasteiger partial charge in [-0.15, -0.1) is 16.4 Å². The molecule has 1 N–H and O–H groups in total. The van der Waals surface area contributed by atoms with Gasteiger partial charge in [-0.25, -0.2) is 9.89 Å². The Kier molecular flexibility index (Phi) is 5.19. The van der Waals surface area contributed by atoms with Gasteiger partial charge >= 0.3 is 5.69 Å². The average Bonchev–Trinajstić information content (AvgIpc) is 3.38. The topological polar surface area (TPSA) is 80.2 Å². The molecule has 4 rings (SSSR count). The van der Waals surface area contributed by atoms with Crippen molar-refractivity contribution in [1.82, 2.24) is 19.7 Å². The molecule has 2 atom stereocenters. The van der Waals surface area contributed by atoms with Crippen LogP contribution < -0.4 is 5.69 Å². The smallest absolute Gasteiger partial charge is 0.344 e. The van der Waals surface area contributed by atoms with Crippen LogP contribution in [-0.2, 0) is 29.0 Å². The molecule has 2 aromatic heterocycles. The molecule has 1 amide bonds. The lowest BCUT2D eigenvalue weighted by atomic mass is 10.1. The molecular formula is C17H22N4O3S2. The molecule has 1 fully saturated rings. The van der Waals surface area contributed by atoms with E-state index in [9.17, 15) is 9.59 Å². The second kappa shape index (κ2) is 7.58. The van der Waals surface area contributed by atoms with E-state index in [0.717, 1.165) is 32.4 Å². The van der Waals surface area contributed by atoms with E-state index in [1.165, 1.54) is 22.2 Å². The van der Waals surface area contributed by atoms with Crippen molar-refractivity contribution in [2.24, 2.45) is 0 Å². The number of hydrogen-bond donors (Lipinski definition) is 1. The summed E-state index contributed by atoms with van der Waals surface area (Å²) in [6, 6.07) is 2.10. The van der Waals surface area contributed by atoms with E-state index in [-0.39, 0.29) is 23.0 Å². The Bertz CT molecular complexity index is 837. The Morgan fingerprint density at radius 3 is 3.27 bits per heavy atom. The van der Waals surface area contributed by atoms with Crippen LogP contribution in [0.5, 0.6) is 0 Å². The van der Waals surface area contributed by atoms with Gasteiger partial charge in [0, 0.05) is 24.6 Å². The van der Waals surface area contributed by atoms with Gasteiger partial charge in [0.05, 0.1) is 17.9 Å². The quantitative estimate of drug-likeness (QED) is 0.783. The number of thioether (sulfide) groups is 1. The standard InChI is InChI=1S/C17H22N4O3S2/c1-11(15(22)20-6-4-14-12(9-20)5-8-25-14)26-17-19-18-16(23)21(17)10-13-3-2-7-24-13/h5,8,11,13H,2-4,6-7,9-10H2,1H3,(H,18,23). The van der Waals surface area contributed by atoms with Crippen LogP contribution in [0, 0.1) is 0 Å². The second-order valence-electron chi connectivity index (χ2n) is 6.70. The molecule has 9 heteroatoms. The lowest BCUT2D eigenvalue weighted by molar-refractivity contribution is -0.131. The zero-order valence-electron chi connectivity index (χ0n) is 14.6. The van der Waals surface area contributed by atoms with Crippen molar-refractivity contribution in [2.45, 2.75) is 55.8 Å². The molecule has 2 aromatic rings. The summed E-state index contributed by atoms with van der Waals surface area (Å²) in [7, 11) is 0. The second-order valence-corrected chi connectivity index (χ2v) is 9.00. The van der Waals surface area contributed by atoms with E-state index in [1.54, 1.807) is 15.9 Å². The summed E-state index contributed by atoms with van der Waals surface area (Å²) in [5.74, 6) is 0.0889. The summed E-state index contributed by atoms with van der Waals surface area (Å²) >= 11 is 3.10. The molecular weight excluding hydrogens is 372 g/mol. The SMILES string of the molecule is CC(Sc1n[nH]c(=O)n1CC1CCCO1)C(=O)N1CCc2sccc2C1. The molecule has 0 spiro atoms. The zero-order valence-corrected chi connectivity index (χ0v) is 16.3. The summed E-state index contributed by atoms with van der Waals surface area (Å²) in [4.78, 5) is 28.2. The van der Waals surface area contributed by atoms with Crippen molar-refractivity contribution in [2.75, 3.05) is 13.2 Å². The van der Waals surface area contributed by atoms with Crippen LogP contribution in [0.4, 0.5) is 0 Å². The minimum absolute atomic E-state index is 0.0507. The van der Waals surface area contributed by atoms with Crippen LogP contribution in [0.3, 0.4) is 0 Å². The maximum atomic E-state index is 12.9. The number of nitrogens with zero attached hydrogens (tertiary/aromatic N) is 3. The first-order valence-electron chi connectivity index (χ1n) is 8.89. The lowest BCUT2D eigenvalue weighted by Crippen LogP contribution is -2.39. The number of aromatic amines is 1. The Labute approximate surface area is 159 Å². The molecule has 0 aromatic carbocycles. The van der Waals surface area contributed by atoms with Crippen molar-refractivity contribution in [1.29, 1.82) is 0 Å². The lowest BCUT2D eigenvalue weighted by Gasteiger charge is -2.29. The third-order valence-electron chi connectivity index (χ3n) is 4.88. The van der Waals surface area contributed by atoms with Crippen LogP contribution in [0.1, 0.15) is 30.2 Å². The fourth-order valence-corrected chi connectivity index (χ4v) is 5.29. The highest BCUT2D eigenvalue weighted by Gasteiger charge is 2.28. The normalized spacial score (nSPS) is 21.0. The van der Waals surface area contributed by atoms with Crippen LogP contribution in [-0.4, -0.2) is 50.1 Å². The van der Waals surface area contributed by atoms with Crippen molar-refractivity contribution in [3.8, 4) is 0 Å². The van der Waals surface area contributed by atoms with Crippen LogP contribution in [0.15, 0.2) is 21.4 Å². The van der Waals surface area contributed by atoms with E-state index < -0.39 is 0 Å². The predicted molar refractivity (Wildman–Crippen MR) is 101 cm³/mol. The molecule has 0 bridgehead atoms. The molecule has 2 aliphatic rings. The summed E-state index contributed by atoms with van der Waals surface area (Å²) < 4.78 is 7.22. The number of hydrogen-bond acceptors (Lipinski definition) is 6. The monoisotopic (exact) mass is 394 g/mol. The summed E-state index contributed by atoms with van der Waals surface area (Å²) in [5, 5.41) is 8.96. The summed E-state index contributed by atoms with van der Waals surface area (Å²) in [6.07, 6.45) is 2.94. The number of rotatable bonds is 5. The number of aromatic nitrogens is 3. The van der Waals surface area contributed by atoms with Crippen LogP contribution in [0.2, 0.25) is 0 Å². The van der Waals surface area contributed by atoms with E-state index in [1.807, 2.05) is 11.8 Å². The number of carbonyl (C=O) groups excluding carboxylic acids is 1. The van der Waals surface area contributed by atoms with Gasteiger partial charge in [-0.1, -0.05) is 11.8 Å². The van der Waals surface area contributed by atoms with Crippen LogP contribution >= 0.6 is 23.1 Å². The van der Waals surface area contributed by atoms with Gasteiger partial charge in [-0.05, 0) is 43.2 Å². The molecule has 7 nitrogen and oxygen atoms in total. The highest BCUT2D eigenvalue weighted by atomic mass is 32.2. The van der Waals surface area contributed by atoms with Gasteiger partial charge in [0.2, 0.25) is 5.91 Å². The largest absolute Gasteiger partial charge is 0.376 e. The van der Waals surface area contributed by atoms with E-state index in [0.29, 0.717) is 18.2 Å². The first kappa shape index (κ1) is 17.8. The molecule has 1 saturated heterocycles. The number of H-pyrrole nitrogens is 1. The van der Waals surface area contributed by atoms with Gasteiger partial charge in [0.1, 0.15) is 0 Å². The van der Waals surface area contributed by atoms with Crippen molar-refractivity contribution >= 4 is 29.0 Å². The van der Waals surface area contributed by atoms with E-state index in [4.69, 9.17) is 4.74 Å². The summed E-state index contributed by atoms with van der Waals surface area (Å²) in [5.41, 5.74) is 1.00. The van der Waals surface area contributed by atoms with Crippen LogP contribution in [0.25, 0.3) is 0 Å². The maximum absolute atomic E-state index is 12.9. The van der Waals surface area contributed by atoms with Gasteiger partial charge in [-0.2, -0.15) is 0 Å². The third-order valence-corrected chi connectivity index (χ3v) is 6.98. The highest BCUT2D eigenvalue weighted by Crippen LogP contribution is 2.28. The molecule has 0 aliphatic carbocycles. The van der Waals surface area contributed by atoms with Crippen molar-refractivity contribution in [3.63, 3.8) is 0 Å². The van der Waals surface area contributed by atoms with Crippen molar-refractivity contribution < 1.29 is 9.53 Å². The maximum Gasteiger partial charge on any atom is 0.344 e. The number of fused-ring (bicyclic) bond motifs is 1. The Hall–Kier alpha value is -1.58. The van der Waals surface area contributed by atoms with E-state index in [2.05, 4.69) is 21.6 Å². The first-order chi connectivity index (χ1) is 12.6. The molecule has 2 unspecified atom stereocenters. The minimum atomic E-state index is -0.298. The fraction of sp³-hybridized carbons (Fsp3) is 0.588. The van der Waals surface area contributed by atoms with Gasteiger partial charge in [0.15, 0.2) is 5.16 Å². The molecule has 26 heavy (non-hydrogen) atoms. The average molecular weight is 395 g/mol.